The van der Waals surface area contributed by atoms with Crippen LogP contribution in [-0.2, 0) is 9.47 Å². The first-order chi connectivity index (χ1) is 16.1. The Morgan fingerprint density at radius 3 is 2.61 bits per heavy atom. The molecule has 33 heavy (non-hydrogen) atoms. The first kappa shape index (κ1) is 23.8. The Balaban J connectivity index is 1.64. The van der Waals surface area contributed by atoms with E-state index in [1.165, 1.54) is 7.11 Å². The fourth-order valence-corrected chi connectivity index (χ4v) is 2.73. The molecule has 0 aliphatic carbocycles. The van der Waals surface area contributed by atoms with Gasteiger partial charge in [0, 0.05) is 25.8 Å². The Hall–Kier alpha value is -3.83. The predicted molar refractivity (Wildman–Crippen MR) is 120 cm³/mol. The summed E-state index contributed by atoms with van der Waals surface area (Å²) in [5, 5.41) is 14.1. The monoisotopic (exact) mass is 455 g/mol. The van der Waals surface area contributed by atoms with Gasteiger partial charge in [0.2, 0.25) is 0 Å². The average molecular weight is 455 g/mol. The fourth-order valence-electron chi connectivity index (χ4n) is 2.73. The number of fused-ring (bicyclic) bond motifs is 1. The van der Waals surface area contributed by atoms with Crippen LogP contribution in [0, 0.1) is 0 Å². The van der Waals surface area contributed by atoms with Crippen LogP contribution in [0.3, 0.4) is 0 Å². The predicted octanol–water partition coefficient (Wildman–Crippen LogP) is 2.75. The van der Waals surface area contributed by atoms with Crippen LogP contribution in [0.2, 0.25) is 0 Å². The molecule has 0 aliphatic heterocycles. The van der Waals surface area contributed by atoms with E-state index in [2.05, 4.69) is 25.6 Å². The molecule has 174 valence electrons. The summed E-state index contributed by atoms with van der Waals surface area (Å²) in [4.78, 5) is 36.8. The van der Waals surface area contributed by atoms with Crippen LogP contribution in [0.25, 0.3) is 22.4 Å². The van der Waals surface area contributed by atoms with E-state index in [1.54, 1.807) is 42.6 Å². The number of carbonyl (C=O) groups is 2. The van der Waals surface area contributed by atoms with Gasteiger partial charge in [-0.3, -0.25) is 10.3 Å². The van der Waals surface area contributed by atoms with Crippen molar-refractivity contribution in [2.24, 2.45) is 0 Å². The van der Waals surface area contributed by atoms with E-state index in [-0.39, 0.29) is 25.9 Å². The van der Waals surface area contributed by atoms with E-state index >= 15 is 0 Å². The molecule has 1 aromatic carbocycles. The van der Waals surface area contributed by atoms with Gasteiger partial charge in [0.25, 0.3) is 0 Å². The molecule has 0 radical (unpaired) electrons. The lowest BCUT2D eigenvalue weighted by molar-refractivity contribution is 0.0685. The highest BCUT2D eigenvalue weighted by molar-refractivity contribution is 5.89. The normalized spacial score (nSPS) is 10.6. The van der Waals surface area contributed by atoms with Gasteiger partial charge in [-0.2, -0.15) is 0 Å². The molecule has 0 aliphatic rings. The van der Waals surface area contributed by atoms with Gasteiger partial charge in [0.15, 0.2) is 5.65 Å². The van der Waals surface area contributed by atoms with E-state index < -0.39 is 6.16 Å². The summed E-state index contributed by atoms with van der Waals surface area (Å²) >= 11 is 0. The third kappa shape index (κ3) is 7.37. The number of nitrogens with zero attached hydrogens (tertiary/aromatic N) is 3. The Morgan fingerprint density at radius 1 is 1.03 bits per heavy atom. The lowest BCUT2D eigenvalue weighted by atomic mass is 10.1. The molecule has 11 nitrogen and oxygen atoms in total. The van der Waals surface area contributed by atoms with E-state index in [0.29, 0.717) is 47.8 Å². The zero-order valence-electron chi connectivity index (χ0n) is 18.1. The minimum atomic E-state index is -0.813. The highest BCUT2D eigenvalue weighted by atomic mass is 16.7. The summed E-state index contributed by atoms with van der Waals surface area (Å²) in [7, 11) is 1.51. The number of anilines is 1. The number of methoxy groups -OCH3 is 1. The van der Waals surface area contributed by atoms with Crippen molar-refractivity contribution in [3.63, 3.8) is 0 Å². The van der Waals surface area contributed by atoms with E-state index in [1.807, 2.05) is 0 Å². The van der Waals surface area contributed by atoms with Crippen molar-refractivity contribution in [3.8, 4) is 17.0 Å². The summed E-state index contributed by atoms with van der Waals surface area (Å²) in [6.07, 6.45) is 2.10. The molecule has 0 unspecified atom stereocenters. The molecule has 0 fully saturated rings. The van der Waals surface area contributed by atoms with Crippen molar-refractivity contribution in [3.05, 3.63) is 42.6 Å². The maximum atomic E-state index is 12.0. The number of unbranched alkanes of at least 4 members (excludes halogenated alkanes) is 1. The number of hydrogen-bond donors (Lipinski definition) is 3. The number of aliphatic hydroxyl groups is 1. The third-order valence-electron chi connectivity index (χ3n) is 4.38. The molecule has 3 aromatic rings. The first-order valence-corrected chi connectivity index (χ1v) is 10.3. The van der Waals surface area contributed by atoms with Crippen LogP contribution < -0.4 is 15.4 Å². The van der Waals surface area contributed by atoms with Crippen molar-refractivity contribution in [2.45, 2.75) is 12.8 Å². The average Bonchev–Trinajstić information content (AvgIpc) is 2.82. The van der Waals surface area contributed by atoms with Gasteiger partial charge in [-0.05, 0) is 49.2 Å². The molecule has 0 saturated heterocycles. The molecule has 0 saturated carbocycles. The molecule has 2 aromatic heterocycles. The Bertz CT molecular complexity index is 1080. The molecular formula is C22H25N5O6. The smallest absolute Gasteiger partial charge is 0.432 e. The zero-order chi connectivity index (χ0) is 23.5. The Labute approximate surface area is 190 Å². The van der Waals surface area contributed by atoms with E-state index in [9.17, 15) is 9.59 Å². The number of rotatable bonds is 10. The first-order valence-electron chi connectivity index (χ1n) is 10.3. The Kier molecular flexibility index (Phi) is 8.86. The highest BCUT2D eigenvalue weighted by Gasteiger charge is 2.09. The number of aliphatic hydroxyl groups excluding tert-OH is 1. The summed E-state index contributed by atoms with van der Waals surface area (Å²) < 4.78 is 14.8. The molecule has 11 heteroatoms. The second-order valence-electron chi connectivity index (χ2n) is 6.82. The zero-order valence-corrected chi connectivity index (χ0v) is 18.1. The van der Waals surface area contributed by atoms with Crippen molar-refractivity contribution in [1.82, 2.24) is 20.3 Å². The summed E-state index contributed by atoms with van der Waals surface area (Å²) in [5.74, 6) is 0.661. The second kappa shape index (κ2) is 12.3. The van der Waals surface area contributed by atoms with Crippen molar-refractivity contribution < 1.29 is 28.9 Å². The van der Waals surface area contributed by atoms with Gasteiger partial charge in [-0.25, -0.2) is 19.6 Å². The van der Waals surface area contributed by atoms with Crippen LogP contribution in [0.5, 0.6) is 5.75 Å². The third-order valence-corrected chi connectivity index (χ3v) is 4.38. The minimum Gasteiger partial charge on any atom is -0.432 e. The summed E-state index contributed by atoms with van der Waals surface area (Å²) in [5.41, 5.74) is 2.25. The number of pyridine rings is 1. The lowest BCUT2D eigenvalue weighted by Gasteiger charge is -2.08. The molecular weight excluding hydrogens is 430 g/mol. The van der Waals surface area contributed by atoms with Crippen LogP contribution in [0.15, 0.2) is 42.6 Å². The van der Waals surface area contributed by atoms with Gasteiger partial charge in [0.05, 0.1) is 18.5 Å². The highest BCUT2D eigenvalue weighted by Crippen LogP contribution is 2.22. The number of aromatic nitrogens is 3. The lowest BCUT2D eigenvalue weighted by Crippen LogP contribution is -2.30. The molecule has 0 bridgehead atoms. The quantitative estimate of drug-likeness (QED) is 0.239. The Morgan fingerprint density at radius 2 is 1.85 bits per heavy atom. The second-order valence-corrected chi connectivity index (χ2v) is 6.82. The summed E-state index contributed by atoms with van der Waals surface area (Å²) in [6.45, 7) is 0.937. The number of benzene rings is 1. The molecule has 2 heterocycles. The minimum absolute atomic E-state index is 0.0910. The van der Waals surface area contributed by atoms with E-state index in [0.717, 1.165) is 5.56 Å². The number of hydrogen-bond acceptors (Lipinski definition) is 9. The fraction of sp³-hybridized carbons (Fsp3) is 0.318. The maximum Gasteiger partial charge on any atom is 0.513 e. The summed E-state index contributed by atoms with van der Waals surface area (Å²) in [6, 6.07) is 9.66. The largest absolute Gasteiger partial charge is 0.513 e. The SMILES string of the molecule is COCCOC(=O)Oc1ccc(-c2cnc3ccc(NC(=O)NCCCCO)nc3n2)cc1. The van der Waals surface area contributed by atoms with Crippen LogP contribution in [-0.4, -0.2) is 65.7 Å². The number of carbonyl (C=O) groups excluding carboxylic acids is 2. The van der Waals surface area contributed by atoms with Gasteiger partial charge < -0.3 is 24.6 Å². The van der Waals surface area contributed by atoms with Crippen LogP contribution >= 0.6 is 0 Å². The molecule has 0 atom stereocenters. The van der Waals surface area contributed by atoms with Gasteiger partial charge in [0.1, 0.15) is 23.7 Å². The number of nitrogens with one attached hydrogen (secondary N) is 2. The number of amides is 2. The van der Waals surface area contributed by atoms with Crippen molar-refractivity contribution >= 4 is 29.2 Å². The van der Waals surface area contributed by atoms with Gasteiger partial charge >= 0.3 is 12.2 Å². The molecule has 2 amide bonds. The maximum absolute atomic E-state index is 12.0. The van der Waals surface area contributed by atoms with Crippen molar-refractivity contribution in [2.75, 3.05) is 38.8 Å². The van der Waals surface area contributed by atoms with E-state index in [4.69, 9.17) is 19.3 Å². The van der Waals surface area contributed by atoms with Crippen LogP contribution in [0.4, 0.5) is 15.4 Å². The van der Waals surface area contributed by atoms with Crippen LogP contribution in [0.1, 0.15) is 12.8 Å². The standard InChI is InChI=1S/C22H25N5O6/c1-31-12-13-32-22(30)33-16-6-4-15(5-7-16)18-14-24-17-8-9-19(26-20(17)25-18)27-21(29)23-10-2-3-11-28/h4-9,14,28H,2-3,10-13H2,1H3,(H2,23,25,26,27,29). The number of ether oxygens (including phenoxy) is 3. The molecule has 3 N–H and O–H groups in total. The molecule has 3 rings (SSSR count). The van der Waals surface area contributed by atoms with Gasteiger partial charge in [-0.15, -0.1) is 0 Å². The van der Waals surface area contributed by atoms with Gasteiger partial charge in [-0.1, -0.05) is 0 Å². The topological polar surface area (TPSA) is 145 Å². The van der Waals surface area contributed by atoms with Crippen molar-refractivity contribution in [1.29, 1.82) is 0 Å². The molecule has 0 spiro atoms. The number of urea groups is 1.